The highest BCUT2D eigenvalue weighted by Gasteiger charge is 2.45. The fraction of sp³-hybridized carbons (Fsp3) is 0.786. The zero-order chi connectivity index (χ0) is 13.5. The summed E-state index contributed by atoms with van der Waals surface area (Å²) in [5, 5.41) is 0. The topological polar surface area (TPSA) is 62.3 Å². The Morgan fingerprint density at radius 3 is 2.84 bits per heavy atom. The van der Waals surface area contributed by atoms with Crippen molar-refractivity contribution >= 4 is 0 Å². The van der Waals surface area contributed by atoms with E-state index in [1.165, 1.54) is 0 Å². The van der Waals surface area contributed by atoms with E-state index in [-0.39, 0.29) is 12.1 Å². The summed E-state index contributed by atoms with van der Waals surface area (Å²) in [4.78, 5) is 4.47. The van der Waals surface area contributed by atoms with Crippen molar-refractivity contribution in [3.63, 3.8) is 0 Å². The van der Waals surface area contributed by atoms with Gasteiger partial charge in [-0.2, -0.15) is 0 Å². The molecule has 0 radical (unpaired) electrons. The van der Waals surface area contributed by atoms with Crippen LogP contribution in [0.3, 0.4) is 0 Å². The highest BCUT2D eigenvalue weighted by atomic mass is 16.7. The molecule has 2 aliphatic rings. The number of ether oxygens (including phenoxy) is 2. The highest BCUT2D eigenvalue weighted by molar-refractivity contribution is 5.04. The maximum Gasteiger partial charge on any atom is 0.170 e. The zero-order valence-electron chi connectivity index (χ0n) is 11.7. The minimum atomic E-state index is -0.404. The minimum Gasteiger partial charge on any atom is -0.347 e. The minimum absolute atomic E-state index is 0.144. The number of hydrogen-bond donors (Lipinski definition) is 1. The van der Waals surface area contributed by atoms with E-state index in [9.17, 15) is 0 Å². The number of nitrogens with zero attached hydrogens (tertiary/aromatic N) is 2. The Kier molecular flexibility index (Phi) is 3.37. The molecule has 1 saturated heterocycles. The fourth-order valence-corrected chi connectivity index (χ4v) is 3.27. The highest BCUT2D eigenvalue weighted by Crippen LogP contribution is 2.41. The average molecular weight is 265 g/mol. The Balaban J connectivity index is 1.87. The van der Waals surface area contributed by atoms with Crippen LogP contribution in [-0.4, -0.2) is 34.6 Å². The lowest BCUT2D eigenvalue weighted by atomic mass is 9.85. The second-order valence-corrected chi connectivity index (χ2v) is 5.93. The lowest BCUT2D eigenvalue weighted by Gasteiger charge is -2.40. The van der Waals surface area contributed by atoms with Gasteiger partial charge in [-0.3, -0.25) is 0 Å². The Morgan fingerprint density at radius 1 is 1.42 bits per heavy atom. The first-order chi connectivity index (χ1) is 9.11. The van der Waals surface area contributed by atoms with E-state index in [1.807, 2.05) is 12.4 Å². The Labute approximate surface area is 114 Å². The Hall–Kier alpha value is -0.910. The molecule has 2 fully saturated rings. The predicted octanol–water partition coefficient (Wildman–Crippen LogP) is 1.80. The van der Waals surface area contributed by atoms with Gasteiger partial charge in [0.05, 0.1) is 19.3 Å². The molecule has 2 atom stereocenters. The standard InChI is InChI=1S/C14H23N3O2/c1-10(2)13-16-5-6-17(13)12-9-14(4-3-11(12)15)18-7-8-19-14/h5-6,10-12H,3-4,7-9,15H2,1-2H3. The van der Waals surface area contributed by atoms with Crippen LogP contribution in [0.1, 0.15) is 50.9 Å². The molecule has 0 bridgehead atoms. The predicted molar refractivity (Wildman–Crippen MR) is 71.8 cm³/mol. The van der Waals surface area contributed by atoms with Gasteiger partial charge in [0.15, 0.2) is 5.79 Å². The summed E-state index contributed by atoms with van der Waals surface area (Å²) in [5.74, 6) is 1.08. The molecule has 1 aromatic rings. The second kappa shape index (κ2) is 4.89. The molecule has 5 heteroatoms. The molecule has 106 valence electrons. The van der Waals surface area contributed by atoms with Crippen molar-refractivity contribution in [2.75, 3.05) is 13.2 Å². The van der Waals surface area contributed by atoms with Crippen molar-refractivity contribution < 1.29 is 9.47 Å². The van der Waals surface area contributed by atoms with E-state index in [2.05, 4.69) is 23.4 Å². The van der Waals surface area contributed by atoms with Gasteiger partial charge in [-0.05, 0) is 6.42 Å². The summed E-state index contributed by atoms with van der Waals surface area (Å²) < 4.78 is 13.9. The molecule has 2 unspecified atom stereocenters. The third kappa shape index (κ3) is 2.30. The number of imidazole rings is 1. The van der Waals surface area contributed by atoms with Crippen molar-refractivity contribution in [2.24, 2.45) is 5.73 Å². The molecule has 1 aliphatic heterocycles. The van der Waals surface area contributed by atoms with E-state index in [0.29, 0.717) is 19.1 Å². The summed E-state index contributed by atoms with van der Waals surface area (Å²) in [7, 11) is 0. The molecule has 5 nitrogen and oxygen atoms in total. The largest absolute Gasteiger partial charge is 0.347 e. The van der Waals surface area contributed by atoms with Gasteiger partial charge in [-0.25, -0.2) is 4.98 Å². The van der Waals surface area contributed by atoms with Gasteiger partial charge < -0.3 is 19.8 Å². The molecule has 2 N–H and O–H groups in total. The smallest absolute Gasteiger partial charge is 0.170 e. The molecule has 1 spiro atoms. The summed E-state index contributed by atoms with van der Waals surface area (Å²) in [6.45, 7) is 5.71. The van der Waals surface area contributed by atoms with Crippen LogP contribution in [0.2, 0.25) is 0 Å². The average Bonchev–Trinajstić information content (AvgIpc) is 3.02. The number of aromatic nitrogens is 2. The Morgan fingerprint density at radius 2 is 2.16 bits per heavy atom. The first-order valence-corrected chi connectivity index (χ1v) is 7.17. The summed E-state index contributed by atoms with van der Waals surface area (Å²) in [5.41, 5.74) is 6.33. The van der Waals surface area contributed by atoms with Gasteiger partial charge in [-0.15, -0.1) is 0 Å². The van der Waals surface area contributed by atoms with Gasteiger partial charge in [0.25, 0.3) is 0 Å². The van der Waals surface area contributed by atoms with Crippen LogP contribution < -0.4 is 5.73 Å². The van der Waals surface area contributed by atoms with Crippen molar-refractivity contribution in [3.05, 3.63) is 18.2 Å². The fourth-order valence-electron chi connectivity index (χ4n) is 3.27. The van der Waals surface area contributed by atoms with E-state index >= 15 is 0 Å². The number of nitrogens with two attached hydrogens (primary N) is 1. The van der Waals surface area contributed by atoms with Crippen LogP contribution in [0, 0.1) is 0 Å². The summed E-state index contributed by atoms with van der Waals surface area (Å²) >= 11 is 0. The molecule has 1 saturated carbocycles. The molecular formula is C14H23N3O2. The van der Waals surface area contributed by atoms with E-state index in [4.69, 9.17) is 15.2 Å². The molecule has 1 aliphatic carbocycles. The van der Waals surface area contributed by atoms with E-state index in [0.717, 1.165) is 25.1 Å². The monoisotopic (exact) mass is 265 g/mol. The SMILES string of the molecule is CC(C)c1nccn1C1CC2(CCC1N)OCCO2. The van der Waals surface area contributed by atoms with E-state index in [1.54, 1.807) is 0 Å². The second-order valence-electron chi connectivity index (χ2n) is 5.93. The number of hydrogen-bond acceptors (Lipinski definition) is 4. The number of rotatable bonds is 2. The van der Waals surface area contributed by atoms with Crippen LogP contribution in [0.15, 0.2) is 12.4 Å². The maximum absolute atomic E-state index is 6.33. The van der Waals surface area contributed by atoms with Gasteiger partial charge in [-0.1, -0.05) is 13.8 Å². The first-order valence-electron chi connectivity index (χ1n) is 7.17. The quantitative estimate of drug-likeness (QED) is 0.885. The van der Waals surface area contributed by atoms with Crippen molar-refractivity contribution in [1.82, 2.24) is 9.55 Å². The maximum atomic E-state index is 6.33. The van der Waals surface area contributed by atoms with Crippen LogP contribution in [0.5, 0.6) is 0 Å². The van der Waals surface area contributed by atoms with E-state index < -0.39 is 5.79 Å². The van der Waals surface area contributed by atoms with Crippen molar-refractivity contribution in [3.8, 4) is 0 Å². The van der Waals surface area contributed by atoms with Gasteiger partial charge in [0.2, 0.25) is 0 Å². The van der Waals surface area contributed by atoms with Crippen LogP contribution in [0.25, 0.3) is 0 Å². The third-order valence-electron chi connectivity index (χ3n) is 4.26. The molecule has 19 heavy (non-hydrogen) atoms. The van der Waals surface area contributed by atoms with Crippen LogP contribution >= 0.6 is 0 Å². The molecule has 0 aromatic carbocycles. The lowest BCUT2D eigenvalue weighted by molar-refractivity contribution is -0.187. The molecular weight excluding hydrogens is 242 g/mol. The summed E-state index contributed by atoms with van der Waals surface area (Å²) in [6, 6.07) is 0.358. The van der Waals surface area contributed by atoms with Crippen LogP contribution in [-0.2, 0) is 9.47 Å². The van der Waals surface area contributed by atoms with Gasteiger partial charge >= 0.3 is 0 Å². The van der Waals surface area contributed by atoms with Gasteiger partial charge in [0.1, 0.15) is 5.82 Å². The normalized spacial score (nSPS) is 30.3. The molecule has 1 aromatic heterocycles. The van der Waals surface area contributed by atoms with Crippen LogP contribution in [0.4, 0.5) is 0 Å². The lowest BCUT2D eigenvalue weighted by Crippen LogP contribution is -2.47. The molecule has 3 rings (SSSR count). The third-order valence-corrected chi connectivity index (χ3v) is 4.26. The van der Waals surface area contributed by atoms with Gasteiger partial charge in [0, 0.05) is 37.2 Å². The van der Waals surface area contributed by atoms with Crippen molar-refractivity contribution in [1.29, 1.82) is 0 Å². The zero-order valence-corrected chi connectivity index (χ0v) is 11.7. The Bertz CT molecular complexity index is 438. The molecule has 0 amide bonds. The summed E-state index contributed by atoms with van der Waals surface area (Å²) in [6.07, 6.45) is 6.55. The van der Waals surface area contributed by atoms with Crippen molar-refractivity contribution in [2.45, 2.75) is 56.9 Å². The molecule has 2 heterocycles. The first kappa shape index (κ1) is 13.1.